The molecule has 0 amide bonds. The molecule has 0 saturated carbocycles. The zero-order valence-corrected chi connectivity index (χ0v) is 25.3. The molecule has 4 nitrogen and oxygen atoms in total. The van der Waals surface area contributed by atoms with Gasteiger partial charge in [-0.1, -0.05) is 146 Å². The Morgan fingerprint density at radius 1 is 0.362 bits per heavy atom. The van der Waals surface area contributed by atoms with Gasteiger partial charge in [-0.2, -0.15) is 0 Å². The molecule has 7 aromatic carbocycles. The van der Waals surface area contributed by atoms with Crippen LogP contribution in [0.2, 0.25) is 0 Å². The molecule has 9 rings (SSSR count). The fourth-order valence-electron chi connectivity index (χ4n) is 6.48. The van der Waals surface area contributed by atoms with E-state index in [0.717, 1.165) is 66.1 Å². The average molecular weight is 602 g/mol. The maximum Gasteiger partial charge on any atom is 0.167 e. The Balaban J connectivity index is 1.34. The predicted molar refractivity (Wildman–Crippen MR) is 192 cm³/mol. The van der Waals surface area contributed by atoms with E-state index in [4.69, 9.17) is 19.4 Å². The minimum atomic E-state index is 0.565. The third kappa shape index (κ3) is 4.75. The van der Waals surface area contributed by atoms with Crippen LogP contribution in [0, 0.1) is 0 Å². The van der Waals surface area contributed by atoms with E-state index in [1.165, 1.54) is 5.56 Å². The van der Waals surface area contributed by atoms with Gasteiger partial charge in [0.1, 0.15) is 11.2 Å². The van der Waals surface area contributed by atoms with Crippen molar-refractivity contribution in [1.29, 1.82) is 0 Å². The molecule has 47 heavy (non-hydrogen) atoms. The minimum absolute atomic E-state index is 0.565. The highest BCUT2D eigenvalue weighted by Crippen LogP contribution is 2.44. The first kappa shape index (κ1) is 27.0. The Labute approximate surface area is 271 Å². The lowest BCUT2D eigenvalue weighted by molar-refractivity contribution is 0.670. The van der Waals surface area contributed by atoms with E-state index in [2.05, 4.69) is 97.1 Å². The smallest absolute Gasteiger partial charge is 0.167 e. The molecule has 0 aliphatic carbocycles. The lowest BCUT2D eigenvalue weighted by atomic mass is 9.93. The van der Waals surface area contributed by atoms with Crippen molar-refractivity contribution in [2.24, 2.45) is 0 Å². The van der Waals surface area contributed by atoms with E-state index in [-0.39, 0.29) is 0 Å². The molecule has 2 heterocycles. The van der Waals surface area contributed by atoms with Crippen LogP contribution in [0.25, 0.3) is 89.1 Å². The number of rotatable bonds is 5. The highest BCUT2D eigenvalue weighted by atomic mass is 16.3. The molecule has 220 valence electrons. The standard InChI is InChI=1S/C43H27N3O/c1-4-13-28(14-5-1)32-20-12-21-33(27-32)35-24-25-36(40-39(35)38-34-22-11-10-15-29(34)23-26-37(38)47-40)43-45-41(30-16-6-2-7-17-30)44-42(46-43)31-18-8-3-9-19-31/h1-27H. The molecule has 0 radical (unpaired) electrons. The van der Waals surface area contributed by atoms with Crippen LogP contribution in [-0.4, -0.2) is 15.0 Å². The fraction of sp³-hybridized carbons (Fsp3) is 0. The predicted octanol–water partition coefficient (Wildman–Crippen LogP) is 11.3. The zero-order valence-electron chi connectivity index (χ0n) is 25.3. The van der Waals surface area contributed by atoms with Gasteiger partial charge in [-0.3, -0.25) is 0 Å². The summed E-state index contributed by atoms with van der Waals surface area (Å²) in [5.74, 6) is 1.79. The summed E-state index contributed by atoms with van der Waals surface area (Å²) in [5, 5.41) is 4.44. The number of hydrogen-bond donors (Lipinski definition) is 0. The lowest BCUT2D eigenvalue weighted by Gasteiger charge is -2.11. The van der Waals surface area contributed by atoms with Crippen molar-refractivity contribution in [3.63, 3.8) is 0 Å². The number of furan rings is 1. The maximum absolute atomic E-state index is 6.81. The Bertz CT molecular complexity index is 2500. The molecule has 0 N–H and O–H groups in total. The summed E-state index contributed by atoms with van der Waals surface area (Å²) < 4.78 is 6.81. The summed E-state index contributed by atoms with van der Waals surface area (Å²) in [6, 6.07) is 56.3. The molecule has 0 spiro atoms. The summed E-state index contributed by atoms with van der Waals surface area (Å²) in [5.41, 5.74) is 8.80. The van der Waals surface area contributed by atoms with Crippen molar-refractivity contribution in [3.05, 3.63) is 164 Å². The molecule has 9 aromatic rings. The van der Waals surface area contributed by atoms with Gasteiger partial charge in [0.15, 0.2) is 17.5 Å². The second-order valence-electron chi connectivity index (χ2n) is 11.6. The molecule has 0 aliphatic heterocycles. The van der Waals surface area contributed by atoms with Gasteiger partial charge in [0.05, 0.1) is 5.56 Å². The van der Waals surface area contributed by atoms with Gasteiger partial charge in [0.25, 0.3) is 0 Å². The Morgan fingerprint density at radius 3 is 1.62 bits per heavy atom. The van der Waals surface area contributed by atoms with Crippen LogP contribution >= 0.6 is 0 Å². The molecule has 0 fully saturated rings. The number of nitrogens with zero attached hydrogens (tertiary/aromatic N) is 3. The lowest BCUT2D eigenvalue weighted by Crippen LogP contribution is -2.00. The highest BCUT2D eigenvalue weighted by molar-refractivity contribution is 6.24. The van der Waals surface area contributed by atoms with Gasteiger partial charge >= 0.3 is 0 Å². The summed E-state index contributed by atoms with van der Waals surface area (Å²) >= 11 is 0. The fourth-order valence-corrected chi connectivity index (χ4v) is 6.48. The van der Waals surface area contributed by atoms with E-state index >= 15 is 0 Å². The molecule has 0 unspecified atom stereocenters. The number of fused-ring (bicyclic) bond motifs is 5. The number of hydrogen-bond acceptors (Lipinski definition) is 4. The van der Waals surface area contributed by atoms with E-state index in [1.807, 2.05) is 66.7 Å². The third-order valence-corrected chi connectivity index (χ3v) is 8.73. The molecule has 0 saturated heterocycles. The molecular formula is C43H27N3O. The van der Waals surface area contributed by atoms with E-state index in [0.29, 0.717) is 17.5 Å². The van der Waals surface area contributed by atoms with E-state index in [1.54, 1.807) is 0 Å². The second kappa shape index (κ2) is 11.2. The first-order valence-electron chi connectivity index (χ1n) is 15.7. The van der Waals surface area contributed by atoms with Crippen molar-refractivity contribution >= 4 is 32.7 Å². The van der Waals surface area contributed by atoms with Crippen molar-refractivity contribution in [2.45, 2.75) is 0 Å². The SMILES string of the molecule is c1ccc(-c2cccc(-c3ccc(-c4nc(-c5ccccc5)nc(-c5ccccc5)n4)c4oc5ccc6ccccc6c5c34)c2)cc1. The van der Waals surface area contributed by atoms with Gasteiger partial charge in [-0.05, 0) is 51.2 Å². The molecule has 0 aliphatic rings. The van der Waals surface area contributed by atoms with Gasteiger partial charge in [-0.15, -0.1) is 0 Å². The van der Waals surface area contributed by atoms with Crippen LogP contribution in [0.15, 0.2) is 168 Å². The Kier molecular flexibility index (Phi) is 6.43. The van der Waals surface area contributed by atoms with Gasteiger partial charge in [0, 0.05) is 21.9 Å². The maximum atomic E-state index is 6.81. The topological polar surface area (TPSA) is 51.8 Å². The monoisotopic (exact) mass is 601 g/mol. The van der Waals surface area contributed by atoms with Crippen LogP contribution in [0.5, 0.6) is 0 Å². The molecular weight excluding hydrogens is 574 g/mol. The van der Waals surface area contributed by atoms with Gasteiger partial charge < -0.3 is 4.42 Å². The van der Waals surface area contributed by atoms with Gasteiger partial charge in [0.2, 0.25) is 0 Å². The van der Waals surface area contributed by atoms with Crippen LogP contribution in [0.1, 0.15) is 0 Å². The molecule has 0 atom stereocenters. The van der Waals surface area contributed by atoms with E-state index < -0.39 is 0 Å². The van der Waals surface area contributed by atoms with Crippen LogP contribution in [0.3, 0.4) is 0 Å². The molecule has 2 aromatic heterocycles. The largest absolute Gasteiger partial charge is 0.455 e. The zero-order chi connectivity index (χ0) is 31.2. The van der Waals surface area contributed by atoms with Crippen LogP contribution < -0.4 is 0 Å². The summed E-state index contributed by atoms with van der Waals surface area (Å²) in [4.78, 5) is 15.0. The average Bonchev–Trinajstić information content (AvgIpc) is 3.56. The molecule has 0 bridgehead atoms. The quantitative estimate of drug-likeness (QED) is 0.197. The van der Waals surface area contributed by atoms with Crippen molar-refractivity contribution in [1.82, 2.24) is 15.0 Å². The highest BCUT2D eigenvalue weighted by Gasteiger charge is 2.22. The van der Waals surface area contributed by atoms with Crippen molar-refractivity contribution in [2.75, 3.05) is 0 Å². The summed E-state index contributed by atoms with van der Waals surface area (Å²) in [6.45, 7) is 0. The second-order valence-corrected chi connectivity index (χ2v) is 11.6. The third-order valence-electron chi connectivity index (χ3n) is 8.73. The van der Waals surface area contributed by atoms with Crippen molar-refractivity contribution in [3.8, 4) is 56.4 Å². The number of aromatic nitrogens is 3. The van der Waals surface area contributed by atoms with Crippen LogP contribution in [0.4, 0.5) is 0 Å². The normalized spacial score (nSPS) is 11.4. The first-order valence-corrected chi connectivity index (χ1v) is 15.7. The Hall–Kier alpha value is -6.39. The Morgan fingerprint density at radius 2 is 0.915 bits per heavy atom. The van der Waals surface area contributed by atoms with E-state index in [9.17, 15) is 0 Å². The summed E-state index contributed by atoms with van der Waals surface area (Å²) in [7, 11) is 0. The van der Waals surface area contributed by atoms with Crippen LogP contribution in [-0.2, 0) is 0 Å². The van der Waals surface area contributed by atoms with Crippen molar-refractivity contribution < 1.29 is 4.42 Å². The minimum Gasteiger partial charge on any atom is -0.455 e. The summed E-state index contributed by atoms with van der Waals surface area (Å²) in [6.07, 6.45) is 0. The van der Waals surface area contributed by atoms with Gasteiger partial charge in [-0.25, -0.2) is 15.0 Å². The number of benzene rings is 7. The molecule has 4 heteroatoms. The first-order chi connectivity index (χ1) is 23.3.